The molecule has 2 aromatic carbocycles. The van der Waals surface area contributed by atoms with E-state index in [9.17, 15) is 0 Å². The first-order valence-corrected chi connectivity index (χ1v) is 6.60. The van der Waals surface area contributed by atoms with Gasteiger partial charge in [0.05, 0.1) is 0 Å². The minimum Gasteiger partial charge on any atom is -0.0765 e. The van der Waals surface area contributed by atoms with Gasteiger partial charge in [0.1, 0.15) is 0 Å². The average molecular weight is 285 g/mol. The first-order chi connectivity index (χ1) is 8.25. The van der Waals surface area contributed by atoms with Gasteiger partial charge in [0, 0.05) is 4.47 Å². The van der Waals surface area contributed by atoms with E-state index in [0.717, 1.165) is 6.42 Å². The molecule has 0 aliphatic heterocycles. The molecule has 0 atom stereocenters. The molecule has 1 aliphatic rings. The summed E-state index contributed by atoms with van der Waals surface area (Å²) in [6.45, 7) is 2.18. The topological polar surface area (TPSA) is 0 Å². The van der Waals surface area contributed by atoms with Crippen molar-refractivity contribution in [3.63, 3.8) is 0 Å². The van der Waals surface area contributed by atoms with Gasteiger partial charge < -0.3 is 0 Å². The van der Waals surface area contributed by atoms with E-state index < -0.39 is 0 Å². The number of hydrogen-bond acceptors (Lipinski definition) is 0. The van der Waals surface area contributed by atoms with E-state index in [4.69, 9.17) is 0 Å². The standard InChI is InChI=1S/C16H13Br/c1-11-7-8-13-9-14(10-15(17)16(11)13)12-5-3-2-4-6-12/h2-7,9-10H,8H2,1H3. The van der Waals surface area contributed by atoms with Crippen LogP contribution < -0.4 is 0 Å². The summed E-state index contributed by atoms with van der Waals surface area (Å²) in [5, 5.41) is 0. The van der Waals surface area contributed by atoms with Crippen molar-refractivity contribution in [2.75, 3.05) is 0 Å². The van der Waals surface area contributed by atoms with Crippen molar-refractivity contribution in [1.29, 1.82) is 0 Å². The molecule has 0 bridgehead atoms. The third kappa shape index (κ3) is 1.85. The molecule has 0 spiro atoms. The second-order valence-electron chi connectivity index (χ2n) is 4.45. The number of fused-ring (bicyclic) bond motifs is 1. The van der Waals surface area contributed by atoms with Crippen molar-refractivity contribution >= 4 is 21.5 Å². The fourth-order valence-corrected chi connectivity index (χ4v) is 3.24. The van der Waals surface area contributed by atoms with Gasteiger partial charge in [-0.05, 0) is 47.2 Å². The lowest BCUT2D eigenvalue weighted by molar-refractivity contribution is 1.30. The van der Waals surface area contributed by atoms with Gasteiger partial charge in [-0.3, -0.25) is 0 Å². The predicted molar refractivity (Wildman–Crippen MR) is 76.9 cm³/mol. The fraction of sp³-hybridized carbons (Fsp3) is 0.125. The van der Waals surface area contributed by atoms with Crippen molar-refractivity contribution in [3.05, 3.63) is 64.1 Å². The number of rotatable bonds is 1. The second kappa shape index (κ2) is 4.15. The molecule has 3 rings (SSSR count). The molecule has 17 heavy (non-hydrogen) atoms. The highest BCUT2D eigenvalue weighted by atomic mass is 79.9. The van der Waals surface area contributed by atoms with Crippen LogP contribution in [-0.2, 0) is 6.42 Å². The lowest BCUT2D eigenvalue weighted by Gasteiger charge is -2.09. The van der Waals surface area contributed by atoms with Gasteiger partial charge in [0.15, 0.2) is 0 Å². The summed E-state index contributed by atoms with van der Waals surface area (Å²) >= 11 is 3.69. The van der Waals surface area contributed by atoms with Crippen molar-refractivity contribution < 1.29 is 0 Å². The Hall–Kier alpha value is -1.34. The van der Waals surface area contributed by atoms with Crippen molar-refractivity contribution in [2.24, 2.45) is 0 Å². The van der Waals surface area contributed by atoms with Crippen LogP contribution in [0.2, 0.25) is 0 Å². The van der Waals surface area contributed by atoms with Crippen LogP contribution in [0, 0.1) is 0 Å². The molecule has 1 heteroatoms. The van der Waals surface area contributed by atoms with Gasteiger partial charge in [-0.15, -0.1) is 0 Å². The smallest absolute Gasteiger partial charge is 0.0259 e. The monoisotopic (exact) mass is 284 g/mol. The Morgan fingerprint density at radius 1 is 1.00 bits per heavy atom. The molecule has 0 amide bonds. The lowest BCUT2D eigenvalue weighted by atomic mass is 9.99. The number of hydrogen-bond donors (Lipinski definition) is 0. The van der Waals surface area contributed by atoms with E-state index in [0.29, 0.717) is 0 Å². The van der Waals surface area contributed by atoms with Crippen LogP contribution >= 0.6 is 15.9 Å². The maximum absolute atomic E-state index is 3.69. The van der Waals surface area contributed by atoms with E-state index in [1.807, 2.05) is 0 Å². The third-order valence-corrected chi connectivity index (χ3v) is 3.93. The van der Waals surface area contributed by atoms with Crippen LogP contribution in [0.3, 0.4) is 0 Å². The van der Waals surface area contributed by atoms with Crippen LogP contribution in [-0.4, -0.2) is 0 Å². The Bertz CT molecular complexity index is 594. The van der Waals surface area contributed by atoms with Crippen LogP contribution in [0.15, 0.2) is 53.0 Å². The number of halogens is 1. The van der Waals surface area contributed by atoms with Crippen LogP contribution in [0.1, 0.15) is 18.1 Å². The summed E-state index contributed by atoms with van der Waals surface area (Å²) in [7, 11) is 0. The normalized spacial score (nSPS) is 13.4. The van der Waals surface area contributed by atoms with Crippen LogP contribution in [0.5, 0.6) is 0 Å². The molecule has 0 nitrogen and oxygen atoms in total. The largest absolute Gasteiger partial charge is 0.0765 e. The molecular weight excluding hydrogens is 272 g/mol. The molecule has 0 saturated heterocycles. The highest BCUT2D eigenvalue weighted by molar-refractivity contribution is 9.10. The maximum Gasteiger partial charge on any atom is 0.0259 e. The van der Waals surface area contributed by atoms with Gasteiger partial charge in [0.2, 0.25) is 0 Å². The Morgan fingerprint density at radius 3 is 2.53 bits per heavy atom. The molecule has 2 aromatic rings. The SMILES string of the molecule is CC1=CCc2cc(-c3ccccc3)cc(Br)c21. The van der Waals surface area contributed by atoms with E-state index in [1.165, 1.54) is 32.3 Å². The summed E-state index contributed by atoms with van der Waals surface area (Å²) in [4.78, 5) is 0. The first kappa shape index (κ1) is 10.8. The number of benzene rings is 2. The number of allylic oxidation sites excluding steroid dienone is 2. The summed E-state index contributed by atoms with van der Waals surface area (Å²) < 4.78 is 1.21. The van der Waals surface area contributed by atoms with Gasteiger partial charge in [-0.25, -0.2) is 0 Å². The molecular formula is C16H13Br. The first-order valence-electron chi connectivity index (χ1n) is 5.80. The Kier molecular flexibility index (Phi) is 2.64. The van der Waals surface area contributed by atoms with Gasteiger partial charge in [-0.2, -0.15) is 0 Å². The molecule has 1 aliphatic carbocycles. The highest BCUT2D eigenvalue weighted by Crippen LogP contribution is 2.37. The van der Waals surface area contributed by atoms with Crippen LogP contribution in [0.25, 0.3) is 16.7 Å². The van der Waals surface area contributed by atoms with E-state index in [-0.39, 0.29) is 0 Å². The summed E-state index contributed by atoms with van der Waals surface area (Å²) in [5.74, 6) is 0. The fourth-order valence-electron chi connectivity index (χ4n) is 2.43. The Balaban J connectivity index is 2.15. The molecule has 0 fully saturated rings. The lowest BCUT2D eigenvalue weighted by Crippen LogP contribution is -1.88. The maximum atomic E-state index is 3.69. The molecule has 0 saturated carbocycles. The minimum atomic E-state index is 1.06. The van der Waals surface area contributed by atoms with E-state index in [1.54, 1.807) is 0 Å². The molecule has 0 heterocycles. The third-order valence-electron chi connectivity index (χ3n) is 3.30. The van der Waals surface area contributed by atoms with Gasteiger partial charge >= 0.3 is 0 Å². The molecule has 84 valence electrons. The highest BCUT2D eigenvalue weighted by Gasteiger charge is 2.15. The molecule has 0 aromatic heterocycles. The minimum absolute atomic E-state index is 1.06. The van der Waals surface area contributed by atoms with Gasteiger partial charge in [-0.1, -0.05) is 58.4 Å². The van der Waals surface area contributed by atoms with Gasteiger partial charge in [0.25, 0.3) is 0 Å². The zero-order valence-corrected chi connectivity index (χ0v) is 11.3. The summed E-state index contributed by atoms with van der Waals surface area (Å²) in [5.41, 5.74) is 6.76. The summed E-state index contributed by atoms with van der Waals surface area (Å²) in [6, 6.07) is 15.1. The average Bonchev–Trinajstić information content (AvgIpc) is 2.73. The Morgan fingerprint density at radius 2 is 1.76 bits per heavy atom. The Labute approximate surface area is 110 Å². The molecule has 0 unspecified atom stereocenters. The van der Waals surface area contributed by atoms with E-state index >= 15 is 0 Å². The zero-order chi connectivity index (χ0) is 11.8. The molecule has 0 N–H and O–H groups in total. The van der Waals surface area contributed by atoms with Crippen molar-refractivity contribution in [2.45, 2.75) is 13.3 Å². The van der Waals surface area contributed by atoms with E-state index in [2.05, 4.69) is 71.4 Å². The quantitative estimate of drug-likeness (QED) is 0.685. The zero-order valence-electron chi connectivity index (χ0n) is 9.70. The van der Waals surface area contributed by atoms with Crippen molar-refractivity contribution in [1.82, 2.24) is 0 Å². The van der Waals surface area contributed by atoms with Crippen LogP contribution in [0.4, 0.5) is 0 Å². The summed E-state index contributed by atoms with van der Waals surface area (Å²) in [6.07, 6.45) is 3.35. The molecule has 0 radical (unpaired) electrons. The van der Waals surface area contributed by atoms with Crippen molar-refractivity contribution in [3.8, 4) is 11.1 Å². The second-order valence-corrected chi connectivity index (χ2v) is 5.30. The predicted octanol–water partition coefficient (Wildman–Crippen LogP) is 5.08.